The zero-order valence-corrected chi connectivity index (χ0v) is 11.6. The topological polar surface area (TPSA) is 49.0 Å². The number of aryl methyl sites for hydroxylation is 1. The second kappa shape index (κ2) is 7.08. The standard InChI is InChI=1S/C13H21NO4/c1-9-6-11(15-2)12(16-3)7-10(9)14-8-13(17-4)18-5/h6-7,13-14H,8H2,1-5H3. The number of ether oxygens (including phenoxy) is 4. The zero-order valence-electron chi connectivity index (χ0n) is 11.6. The van der Waals surface area contributed by atoms with Crippen molar-refractivity contribution in [2.45, 2.75) is 13.2 Å². The first-order valence-corrected chi connectivity index (χ1v) is 5.68. The van der Waals surface area contributed by atoms with Crippen LogP contribution in [0.15, 0.2) is 12.1 Å². The molecule has 0 heterocycles. The molecule has 0 aliphatic heterocycles. The molecule has 1 N–H and O–H groups in total. The van der Waals surface area contributed by atoms with Gasteiger partial charge in [-0.25, -0.2) is 0 Å². The number of anilines is 1. The quantitative estimate of drug-likeness (QED) is 0.756. The van der Waals surface area contributed by atoms with E-state index in [2.05, 4.69) is 5.32 Å². The van der Waals surface area contributed by atoms with E-state index in [0.717, 1.165) is 17.0 Å². The molecule has 1 rings (SSSR count). The lowest BCUT2D eigenvalue weighted by Gasteiger charge is -2.17. The van der Waals surface area contributed by atoms with Gasteiger partial charge in [-0.3, -0.25) is 0 Å². The van der Waals surface area contributed by atoms with Gasteiger partial charge in [-0.15, -0.1) is 0 Å². The fourth-order valence-electron chi connectivity index (χ4n) is 1.63. The normalized spacial score (nSPS) is 10.6. The predicted molar refractivity (Wildman–Crippen MR) is 70.6 cm³/mol. The summed E-state index contributed by atoms with van der Waals surface area (Å²) in [6.45, 7) is 2.56. The first-order valence-electron chi connectivity index (χ1n) is 5.68. The molecular weight excluding hydrogens is 234 g/mol. The Morgan fingerprint density at radius 1 is 1.00 bits per heavy atom. The summed E-state index contributed by atoms with van der Waals surface area (Å²) in [6.07, 6.45) is -0.280. The molecule has 18 heavy (non-hydrogen) atoms. The smallest absolute Gasteiger partial charge is 0.173 e. The molecule has 0 aliphatic rings. The fraction of sp³-hybridized carbons (Fsp3) is 0.538. The molecule has 1 aromatic rings. The van der Waals surface area contributed by atoms with Gasteiger partial charge in [0.15, 0.2) is 17.8 Å². The van der Waals surface area contributed by atoms with Gasteiger partial charge in [0.2, 0.25) is 0 Å². The molecule has 5 heteroatoms. The lowest BCUT2D eigenvalue weighted by molar-refractivity contribution is -0.0914. The largest absolute Gasteiger partial charge is 0.493 e. The molecule has 0 amide bonds. The van der Waals surface area contributed by atoms with Crippen LogP contribution in [0, 0.1) is 6.92 Å². The SMILES string of the molecule is COc1cc(C)c(NCC(OC)OC)cc1OC. The van der Waals surface area contributed by atoms with Crippen LogP contribution >= 0.6 is 0 Å². The van der Waals surface area contributed by atoms with Crippen molar-refractivity contribution in [3.05, 3.63) is 17.7 Å². The molecule has 0 bridgehead atoms. The van der Waals surface area contributed by atoms with E-state index in [4.69, 9.17) is 18.9 Å². The van der Waals surface area contributed by atoms with Crippen LogP contribution in [0.2, 0.25) is 0 Å². The number of nitrogens with one attached hydrogen (secondary N) is 1. The van der Waals surface area contributed by atoms with Crippen LogP contribution in [0.25, 0.3) is 0 Å². The highest BCUT2D eigenvalue weighted by molar-refractivity contribution is 5.60. The Labute approximate surface area is 108 Å². The van der Waals surface area contributed by atoms with E-state index >= 15 is 0 Å². The molecule has 0 aliphatic carbocycles. The van der Waals surface area contributed by atoms with Crippen molar-refractivity contribution in [2.75, 3.05) is 40.3 Å². The Hall–Kier alpha value is -1.46. The minimum atomic E-state index is -0.280. The molecule has 0 saturated heterocycles. The van der Waals surface area contributed by atoms with Crippen molar-refractivity contribution in [3.8, 4) is 11.5 Å². The van der Waals surface area contributed by atoms with E-state index in [1.807, 2.05) is 19.1 Å². The maximum Gasteiger partial charge on any atom is 0.173 e. The van der Waals surface area contributed by atoms with Gasteiger partial charge in [-0.1, -0.05) is 0 Å². The van der Waals surface area contributed by atoms with Gasteiger partial charge in [0, 0.05) is 26.0 Å². The van der Waals surface area contributed by atoms with Crippen molar-refractivity contribution in [1.82, 2.24) is 0 Å². The van der Waals surface area contributed by atoms with Crippen molar-refractivity contribution < 1.29 is 18.9 Å². The van der Waals surface area contributed by atoms with Gasteiger partial charge in [-0.05, 0) is 18.6 Å². The Bertz CT molecular complexity index is 377. The molecule has 0 fully saturated rings. The number of rotatable bonds is 7. The van der Waals surface area contributed by atoms with Crippen molar-refractivity contribution in [3.63, 3.8) is 0 Å². The maximum atomic E-state index is 5.26. The van der Waals surface area contributed by atoms with E-state index in [1.165, 1.54) is 0 Å². The monoisotopic (exact) mass is 255 g/mol. The summed E-state index contributed by atoms with van der Waals surface area (Å²) in [5.74, 6) is 1.41. The van der Waals surface area contributed by atoms with Crippen LogP contribution in [0.1, 0.15) is 5.56 Å². The minimum absolute atomic E-state index is 0.280. The van der Waals surface area contributed by atoms with Crippen LogP contribution in [-0.2, 0) is 9.47 Å². The Kier molecular flexibility index (Phi) is 5.74. The Balaban J connectivity index is 2.82. The van der Waals surface area contributed by atoms with Gasteiger partial charge in [0.05, 0.1) is 20.8 Å². The van der Waals surface area contributed by atoms with Crippen LogP contribution in [0.4, 0.5) is 5.69 Å². The number of hydrogen-bond donors (Lipinski definition) is 1. The highest BCUT2D eigenvalue weighted by Gasteiger charge is 2.10. The maximum absolute atomic E-state index is 5.26. The molecule has 0 aromatic heterocycles. The summed E-state index contributed by atoms with van der Waals surface area (Å²) in [5.41, 5.74) is 2.03. The lowest BCUT2D eigenvalue weighted by atomic mass is 10.1. The van der Waals surface area contributed by atoms with Gasteiger partial charge >= 0.3 is 0 Å². The van der Waals surface area contributed by atoms with E-state index in [1.54, 1.807) is 28.4 Å². The van der Waals surface area contributed by atoms with Crippen molar-refractivity contribution >= 4 is 5.69 Å². The molecule has 0 spiro atoms. The Morgan fingerprint density at radius 2 is 1.56 bits per heavy atom. The molecule has 1 aromatic carbocycles. The second-order valence-corrected chi connectivity index (χ2v) is 3.80. The van der Waals surface area contributed by atoms with E-state index < -0.39 is 0 Å². The summed E-state index contributed by atoms with van der Waals surface area (Å²) < 4.78 is 20.7. The minimum Gasteiger partial charge on any atom is -0.493 e. The first-order chi connectivity index (χ1) is 8.65. The third kappa shape index (κ3) is 3.51. The van der Waals surface area contributed by atoms with Crippen LogP contribution in [0.5, 0.6) is 11.5 Å². The van der Waals surface area contributed by atoms with Crippen LogP contribution < -0.4 is 14.8 Å². The summed E-state index contributed by atoms with van der Waals surface area (Å²) in [6, 6.07) is 3.83. The average Bonchev–Trinajstić information content (AvgIpc) is 2.40. The molecular formula is C13H21NO4. The summed E-state index contributed by atoms with van der Waals surface area (Å²) in [7, 11) is 6.45. The molecule has 5 nitrogen and oxygen atoms in total. The van der Waals surface area contributed by atoms with Gasteiger partial charge in [0.1, 0.15) is 0 Å². The van der Waals surface area contributed by atoms with Crippen molar-refractivity contribution in [1.29, 1.82) is 0 Å². The molecule has 0 unspecified atom stereocenters. The van der Waals surface area contributed by atoms with Gasteiger partial charge < -0.3 is 24.3 Å². The van der Waals surface area contributed by atoms with Crippen LogP contribution in [-0.4, -0.2) is 41.3 Å². The van der Waals surface area contributed by atoms with Gasteiger partial charge in [0.25, 0.3) is 0 Å². The predicted octanol–water partition coefficient (Wildman–Crippen LogP) is 2.04. The molecule has 102 valence electrons. The Morgan fingerprint density at radius 3 is 2.06 bits per heavy atom. The van der Waals surface area contributed by atoms with E-state index in [-0.39, 0.29) is 6.29 Å². The number of methoxy groups -OCH3 is 4. The molecule has 0 saturated carbocycles. The van der Waals surface area contributed by atoms with E-state index in [0.29, 0.717) is 12.3 Å². The molecule has 0 radical (unpaired) electrons. The number of hydrogen-bond acceptors (Lipinski definition) is 5. The third-order valence-corrected chi connectivity index (χ3v) is 2.72. The zero-order chi connectivity index (χ0) is 13.5. The highest BCUT2D eigenvalue weighted by atomic mass is 16.7. The lowest BCUT2D eigenvalue weighted by Crippen LogP contribution is -2.23. The third-order valence-electron chi connectivity index (χ3n) is 2.72. The number of benzene rings is 1. The first kappa shape index (κ1) is 14.6. The summed E-state index contributed by atoms with van der Waals surface area (Å²) in [4.78, 5) is 0. The van der Waals surface area contributed by atoms with Crippen LogP contribution in [0.3, 0.4) is 0 Å². The summed E-state index contributed by atoms with van der Waals surface area (Å²) >= 11 is 0. The highest BCUT2D eigenvalue weighted by Crippen LogP contribution is 2.32. The van der Waals surface area contributed by atoms with Gasteiger partial charge in [-0.2, -0.15) is 0 Å². The average molecular weight is 255 g/mol. The second-order valence-electron chi connectivity index (χ2n) is 3.80. The molecule has 0 atom stereocenters. The fourth-order valence-corrected chi connectivity index (χ4v) is 1.63. The summed E-state index contributed by atoms with van der Waals surface area (Å²) in [5, 5.41) is 3.26. The van der Waals surface area contributed by atoms with Crippen molar-refractivity contribution in [2.24, 2.45) is 0 Å². The van der Waals surface area contributed by atoms with E-state index in [9.17, 15) is 0 Å².